The Kier molecular flexibility index (Phi) is 5.75. The molecular weight excluding hydrogens is 434 g/mol. The minimum Gasteiger partial charge on any atom is -0.324 e. The van der Waals surface area contributed by atoms with Crippen LogP contribution in [0.15, 0.2) is 41.2 Å². The van der Waals surface area contributed by atoms with Crippen molar-refractivity contribution in [2.24, 2.45) is 7.05 Å². The number of nitrogens with one attached hydrogen (secondary N) is 1. The number of aromatic nitrogens is 1. The third-order valence-corrected chi connectivity index (χ3v) is 7.20. The van der Waals surface area contributed by atoms with Gasteiger partial charge in [-0.1, -0.05) is 29.0 Å². The SMILES string of the molecule is Cc1ccc(N(C(C)C(=O)Nc2ccc3c(c2)sc(=O)n3C)S(C)(=O)=O)cc1Cl. The number of hydrogen-bond donors (Lipinski definition) is 1. The number of sulfonamides is 1. The van der Waals surface area contributed by atoms with E-state index in [2.05, 4.69) is 5.32 Å². The van der Waals surface area contributed by atoms with E-state index in [1.165, 1.54) is 17.6 Å². The highest BCUT2D eigenvalue weighted by molar-refractivity contribution is 7.92. The first kappa shape index (κ1) is 21.4. The lowest BCUT2D eigenvalue weighted by Gasteiger charge is -2.28. The van der Waals surface area contributed by atoms with Crippen molar-refractivity contribution in [3.05, 3.63) is 56.7 Å². The fourth-order valence-electron chi connectivity index (χ4n) is 2.99. The van der Waals surface area contributed by atoms with Gasteiger partial charge in [0.25, 0.3) is 0 Å². The maximum absolute atomic E-state index is 12.8. The van der Waals surface area contributed by atoms with E-state index in [1.54, 1.807) is 44.3 Å². The molecule has 3 aromatic rings. The molecule has 7 nitrogen and oxygen atoms in total. The average Bonchev–Trinajstić information content (AvgIpc) is 2.90. The number of hydrogen-bond acceptors (Lipinski definition) is 5. The predicted octanol–water partition coefficient (Wildman–Crippen LogP) is 3.36. The minimum atomic E-state index is -3.75. The first-order valence-corrected chi connectivity index (χ1v) is 11.7. The zero-order chi connectivity index (χ0) is 21.5. The quantitative estimate of drug-likeness (QED) is 0.641. The Morgan fingerprint density at radius 3 is 2.55 bits per heavy atom. The number of rotatable bonds is 5. The Morgan fingerprint density at radius 2 is 1.93 bits per heavy atom. The highest BCUT2D eigenvalue weighted by atomic mass is 35.5. The van der Waals surface area contributed by atoms with Crippen molar-refractivity contribution >= 4 is 60.5 Å². The monoisotopic (exact) mass is 453 g/mol. The molecule has 0 spiro atoms. The number of carbonyl (C=O) groups is 1. The largest absolute Gasteiger partial charge is 0.324 e. The fraction of sp³-hybridized carbons (Fsp3) is 0.263. The molecule has 1 unspecified atom stereocenters. The Bertz CT molecular complexity index is 1260. The van der Waals surface area contributed by atoms with Crippen molar-refractivity contribution in [3.8, 4) is 0 Å². The average molecular weight is 454 g/mol. The number of thiazole rings is 1. The highest BCUT2D eigenvalue weighted by Gasteiger charge is 2.29. The molecule has 1 aromatic heterocycles. The van der Waals surface area contributed by atoms with Crippen LogP contribution in [-0.4, -0.2) is 31.2 Å². The lowest BCUT2D eigenvalue weighted by molar-refractivity contribution is -0.116. The molecule has 0 radical (unpaired) electrons. The zero-order valence-electron chi connectivity index (χ0n) is 16.3. The normalized spacial score (nSPS) is 12.7. The molecule has 0 saturated carbocycles. The number of benzene rings is 2. The summed E-state index contributed by atoms with van der Waals surface area (Å²) < 4.78 is 28.1. The molecular formula is C19H20ClN3O4S2. The van der Waals surface area contributed by atoms with Gasteiger partial charge in [-0.25, -0.2) is 8.42 Å². The van der Waals surface area contributed by atoms with E-state index in [0.29, 0.717) is 16.4 Å². The molecule has 0 aliphatic rings. The second-order valence-corrected chi connectivity index (χ2v) is 10.0. The number of amides is 1. The number of nitrogens with zero attached hydrogens (tertiary/aromatic N) is 2. The van der Waals surface area contributed by atoms with Gasteiger partial charge in [0.1, 0.15) is 6.04 Å². The lowest BCUT2D eigenvalue weighted by Crippen LogP contribution is -2.45. The molecule has 1 atom stereocenters. The maximum Gasteiger partial charge on any atom is 0.307 e. The van der Waals surface area contributed by atoms with Gasteiger partial charge in [-0.3, -0.25) is 13.9 Å². The van der Waals surface area contributed by atoms with Gasteiger partial charge in [0.2, 0.25) is 15.9 Å². The first-order chi connectivity index (χ1) is 13.5. The second-order valence-electron chi connectivity index (χ2n) is 6.77. The van der Waals surface area contributed by atoms with Crippen molar-refractivity contribution in [2.75, 3.05) is 15.9 Å². The molecule has 3 rings (SSSR count). The van der Waals surface area contributed by atoms with Crippen LogP contribution in [0.5, 0.6) is 0 Å². The highest BCUT2D eigenvalue weighted by Crippen LogP contribution is 2.27. The number of anilines is 2. The van der Waals surface area contributed by atoms with Crippen molar-refractivity contribution in [3.63, 3.8) is 0 Å². The summed E-state index contributed by atoms with van der Waals surface area (Å²) in [7, 11) is -2.07. The van der Waals surface area contributed by atoms with Gasteiger partial charge < -0.3 is 9.88 Å². The summed E-state index contributed by atoms with van der Waals surface area (Å²) in [5.74, 6) is -0.505. The summed E-state index contributed by atoms with van der Waals surface area (Å²) in [5.41, 5.74) is 2.35. The number of carbonyl (C=O) groups excluding carboxylic acids is 1. The number of fused-ring (bicyclic) bond motifs is 1. The summed E-state index contributed by atoms with van der Waals surface area (Å²) >= 11 is 7.22. The summed E-state index contributed by atoms with van der Waals surface area (Å²) in [6.45, 7) is 3.31. The third-order valence-electron chi connectivity index (χ3n) is 4.56. The summed E-state index contributed by atoms with van der Waals surface area (Å²) in [6.07, 6.45) is 1.04. The molecule has 0 saturated heterocycles. The van der Waals surface area contributed by atoms with Crippen molar-refractivity contribution in [2.45, 2.75) is 19.9 Å². The molecule has 0 bridgehead atoms. The molecule has 0 aliphatic heterocycles. The predicted molar refractivity (Wildman–Crippen MR) is 119 cm³/mol. The molecule has 2 aromatic carbocycles. The summed E-state index contributed by atoms with van der Waals surface area (Å²) in [4.78, 5) is 24.5. The topological polar surface area (TPSA) is 88.5 Å². The second kappa shape index (κ2) is 7.81. The Morgan fingerprint density at radius 1 is 1.24 bits per heavy atom. The summed E-state index contributed by atoms with van der Waals surface area (Å²) in [6, 6.07) is 8.92. The smallest absolute Gasteiger partial charge is 0.307 e. The van der Waals surface area contributed by atoms with Gasteiger partial charge in [-0.15, -0.1) is 0 Å². The van der Waals surface area contributed by atoms with E-state index in [1.807, 2.05) is 0 Å². The van der Waals surface area contributed by atoms with E-state index < -0.39 is 22.0 Å². The maximum atomic E-state index is 12.8. The van der Waals surface area contributed by atoms with Crippen LogP contribution < -0.4 is 14.5 Å². The van der Waals surface area contributed by atoms with Crippen LogP contribution in [0.1, 0.15) is 12.5 Å². The Hall–Kier alpha value is -2.36. The standard InChI is InChI=1S/C19H20ClN3O4S2/c1-11-5-7-14(10-15(11)20)23(29(4,26)27)12(2)18(24)21-13-6-8-16-17(9-13)28-19(25)22(16)3/h5-10,12H,1-4H3,(H,21,24). The van der Waals surface area contributed by atoms with E-state index in [-0.39, 0.29) is 4.87 Å². The van der Waals surface area contributed by atoms with Crippen LogP contribution in [-0.2, 0) is 21.9 Å². The van der Waals surface area contributed by atoms with Crippen molar-refractivity contribution < 1.29 is 13.2 Å². The summed E-state index contributed by atoms with van der Waals surface area (Å²) in [5, 5.41) is 3.14. The fourth-order valence-corrected chi connectivity index (χ4v) is 5.25. The van der Waals surface area contributed by atoms with Crippen LogP contribution in [0, 0.1) is 6.92 Å². The minimum absolute atomic E-state index is 0.101. The van der Waals surface area contributed by atoms with Crippen LogP contribution in [0.25, 0.3) is 10.2 Å². The Balaban J connectivity index is 1.91. The van der Waals surface area contributed by atoms with Gasteiger partial charge >= 0.3 is 4.87 Å². The van der Waals surface area contributed by atoms with E-state index >= 15 is 0 Å². The molecule has 1 amide bonds. The van der Waals surface area contributed by atoms with Gasteiger partial charge in [-0.2, -0.15) is 0 Å². The molecule has 10 heteroatoms. The zero-order valence-corrected chi connectivity index (χ0v) is 18.7. The van der Waals surface area contributed by atoms with Crippen molar-refractivity contribution in [1.29, 1.82) is 0 Å². The molecule has 29 heavy (non-hydrogen) atoms. The molecule has 0 aliphatic carbocycles. The van der Waals surface area contributed by atoms with Gasteiger partial charge in [0.05, 0.1) is 22.2 Å². The van der Waals surface area contributed by atoms with Crippen molar-refractivity contribution in [1.82, 2.24) is 4.57 Å². The van der Waals surface area contributed by atoms with Crippen LogP contribution in [0.3, 0.4) is 0 Å². The van der Waals surface area contributed by atoms with E-state index in [4.69, 9.17) is 11.6 Å². The van der Waals surface area contributed by atoms with Crippen LogP contribution >= 0.6 is 22.9 Å². The van der Waals surface area contributed by atoms with Gasteiger partial charge in [-0.05, 0) is 49.7 Å². The Labute approximate surface area is 177 Å². The molecule has 1 heterocycles. The number of halogens is 1. The van der Waals surface area contributed by atoms with E-state index in [9.17, 15) is 18.0 Å². The molecule has 1 N–H and O–H groups in total. The first-order valence-electron chi connectivity index (χ1n) is 8.65. The molecule has 154 valence electrons. The third kappa shape index (κ3) is 4.31. The van der Waals surface area contributed by atoms with E-state index in [0.717, 1.165) is 37.7 Å². The lowest BCUT2D eigenvalue weighted by atomic mass is 10.2. The van der Waals surface area contributed by atoms with Gasteiger partial charge in [0.15, 0.2) is 0 Å². The van der Waals surface area contributed by atoms with Crippen LogP contribution in [0.2, 0.25) is 5.02 Å². The number of aryl methyl sites for hydroxylation is 2. The van der Waals surface area contributed by atoms with Gasteiger partial charge in [0, 0.05) is 17.8 Å². The molecule has 0 fully saturated rings. The van der Waals surface area contributed by atoms with Crippen LogP contribution in [0.4, 0.5) is 11.4 Å².